The summed E-state index contributed by atoms with van der Waals surface area (Å²) < 4.78 is 4.93. The Bertz CT molecular complexity index is 416. The molecule has 0 saturated heterocycles. The maximum Gasteiger partial charge on any atom is 0.115 e. The highest BCUT2D eigenvalue weighted by molar-refractivity contribution is 9.10. The summed E-state index contributed by atoms with van der Waals surface area (Å²) in [7, 11) is 0. The van der Waals surface area contributed by atoms with E-state index in [4.69, 9.17) is 0 Å². The van der Waals surface area contributed by atoms with Crippen molar-refractivity contribution in [3.05, 3.63) is 51.4 Å². The summed E-state index contributed by atoms with van der Waals surface area (Å²) in [6.45, 7) is 0. The molecule has 1 aromatic carbocycles. The molecular weight excluding hydrogens is 262 g/mol. The largest absolute Gasteiger partial charge is 0.383 e. The highest BCUT2D eigenvalue weighted by Gasteiger charge is 2.11. The molecule has 0 spiro atoms. The Hall–Kier alpha value is -0.710. The van der Waals surface area contributed by atoms with Gasteiger partial charge < -0.3 is 5.11 Å². The van der Waals surface area contributed by atoms with Gasteiger partial charge in [-0.3, -0.25) is 0 Å². The van der Waals surface area contributed by atoms with Crippen molar-refractivity contribution in [2.75, 3.05) is 0 Å². The van der Waals surface area contributed by atoms with Gasteiger partial charge in [-0.2, -0.15) is 0 Å². The molecule has 1 unspecified atom stereocenters. The quantitative estimate of drug-likeness (QED) is 0.910. The third-order valence-electron chi connectivity index (χ3n) is 1.89. The van der Waals surface area contributed by atoms with Crippen molar-refractivity contribution in [2.24, 2.45) is 0 Å². The first-order valence-corrected chi connectivity index (χ1v) is 5.68. The Kier molecular flexibility index (Phi) is 2.96. The number of hydrogen-bond donors (Lipinski definition) is 1. The van der Waals surface area contributed by atoms with Gasteiger partial charge in [-0.05, 0) is 35.3 Å². The summed E-state index contributed by atoms with van der Waals surface area (Å²) in [5.41, 5.74) is 0.878. The summed E-state index contributed by atoms with van der Waals surface area (Å²) in [6.07, 6.45) is 1.13. The summed E-state index contributed by atoms with van der Waals surface area (Å²) in [6, 6.07) is 9.47. The van der Waals surface area contributed by atoms with E-state index in [0.717, 1.165) is 14.9 Å². The lowest BCUT2D eigenvalue weighted by atomic mass is 10.1. The maximum atomic E-state index is 9.95. The van der Waals surface area contributed by atoms with E-state index in [1.165, 1.54) is 11.5 Å². The standard InChI is InChI=1S/C10H8BrNOS/c11-8-3-1-2-7(6-8)10(13)9-4-5-12-14-9/h1-6,10,13H. The van der Waals surface area contributed by atoms with E-state index in [1.54, 1.807) is 6.20 Å². The van der Waals surface area contributed by atoms with Gasteiger partial charge in [0.1, 0.15) is 6.10 Å². The van der Waals surface area contributed by atoms with Crippen molar-refractivity contribution in [1.82, 2.24) is 4.37 Å². The molecule has 0 aliphatic rings. The third kappa shape index (κ3) is 2.03. The normalized spacial score (nSPS) is 12.7. The lowest BCUT2D eigenvalue weighted by Gasteiger charge is -2.07. The molecule has 1 N–H and O–H groups in total. The predicted octanol–water partition coefficient (Wildman–Crippen LogP) is 2.99. The van der Waals surface area contributed by atoms with E-state index in [0.29, 0.717) is 0 Å². The highest BCUT2D eigenvalue weighted by Crippen LogP contribution is 2.26. The zero-order valence-electron chi connectivity index (χ0n) is 7.22. The minimum atomic E-state index is -0.569. The Labute approximate surface area is 94.5 Å². The molecule has 0 saturated carbocycles. The lowest BCUT2D eigenvalue weighted by molar-refractivity contribution is 0.224. The van der Waals surface area contributed by atoms with Gasteiger partial charge in [-0.25, -0.2) is 4.37 Å². The second kappa shape index (κ2) is 4.21. The second-order valence-electron chi connectivity index (χ2n) is 2.87. The molecule has 14 heavy (non-hydrogen) atoms. The molecule has 1 aromatic heterocycles. The monoisotopic (exact) mass is 269 g/mol. The summed E-state index contributed by atoms with van der Waals surface area (Å²) in [5.74, 6) is 0. The number of halogens is 1. The van der Waals surface area contributed by atoms with E-state index < -0.39 is 6.10 Å². The molecule has 4 heteroatoms. The molecule has 0 aliphatic carbocycles. The van der Waals surface area contributed by atoms with Gasteiger partial charge in [0.25, 0.3) is 0 Å². The van der Waals surface area contributed by atoms with Crippen LogP contribution in [0.5, 0.6) is 0 Å². The van der Waals surface area contributed by atoms with Crippen molar-refractivity contribution < 1.29 is 5.11 Å². The zero-order chi connectivity index (χ0) is 9.97. The van der Waals surface area contributed by atoms with Gasteiger partial charge in [0.15, 0.2) is 0 Å². The van der Waals surface area contributed by atoms with Gasteiger partial charge in [0.05, 0.1) is 4.88 Å². The Morgan fingerprint density at radius 1 is 1.36 bits per heavy atom. The molecule has 1 heterocycles. The minimum Gasteiger partial charge on any atom is -0.383 e. The van der Waals surface area contributed by atoms with Crippen molar-refractivity contribution >= 4 is 27.5 Å². The van der Waals surface area contributed by atoms with Gasteiger partial charge >= 0.3 is 0 Å². The Balaban J connectivity index is 2.32. The first kappa shape index (κ1) is 9.83. The first-order chi connectivity index (χ1) is 6.77. The number of nitrogens with zero attached hydrogens (tertiary/aromatic N) is 1. The van der Waals surface area contributed by atoms with E-state index in [2.05, 4.69) is 20.3 Å². The average Bonchev–Trinajstić information content (AvgIpc) is 2.69. The van der Waals surface area contributed by atoms with Crippen molar-refractivity contribution in [3.8, 4) is 0 Å². The minimum absolute atomic E-state index is 0.569. The van der Waals surface area contributed by atoms with Crippen LogP contribution in [0.25, 0.3) is 0 Å². The van der Waals surface area contributed by atoms with Crippen LogP contribution < -0.4 is 0 Å². The summed E-state index contributed by atoms with van der Waals surface area (Å²) in [4.78, 5) is 0.864. The smallest absolute Gasteiger partial charge is 0.115 e. The molecule has 0 radical (unpaired) electrons. The zero-order valence-corrected chi connectivity index (χ0v) is 9.62. The van der Waals surface area contributed by atoms with Crippen LogP contribution in [-0.4, -0.2) is 9.48 Å². The number of hydrogen-bond acceptors (Lipinski definition) is 3. The van der Waals surface area contributed by atoms with Crippen molar-refractivity contribution in [3.63, 3.8) is 0 Å². The molecule has 2 rings (SSSR count). The summed E-state index contributed by atoms with van der Waals surface area (Å²) >= 11 is 4.69. The maximum absolute atomic E-state index is 9.95. The third-order valence-corrected chi connectivity index (χ3v) is 3.18. The predicted molar refractivity (Wildman–Crippen MR) is 60.3 cm³/mol. The number of rotatable bonds is 2. The van der Waals surface area contributed by atoms with Crippen LogP contribution >= 0.6 is 27.5 Å². The fourth-order valence-corrected chi connectivity index (χ4v) is 2.23. The van der Waals surface area contributed by atoms with Crippen LogP contribution in [0.4, 0.5) is 0 Å². The van der Waals surface area contributed by atoms with Crippen LogP contribution in [0.15, 0.2) is 41.0 Å². The molecule has 0 amide bonds. The van der Waals surface area contributed by atoms with E-state index >= 15 is 0 Å². The van der Waals surface area contributed by atoms with Gasteiger partial charge in [0.2, 0.25) is 0 Å². The highest BCUT2D eigenvalue weighted by atomic mass is 79.9. The Morgan fingerprint density at radius 2 is 2.21 bits per heavy atom. The molecule has 0 bridgehead atoms. The Morgan fingerprint density at radius 3 is 2.86 bits per heavy atom. The number of benzene rings is 1. The number of aliphatic hydroxyl groups excluding tert-OH is 1. The van der Waals surface area contributed by atoms with Gasteiger partial charge in [0, 0.05) is 10.7 Å². The number of aromatic nitrogens is 1. The second-order valence-corrected chi connectivity index (χ2v) is 4.65. The van der Waals surface area contributed by atoms with Crippen LogP contribution in [0.1, 0.15) is 16.5 Å². The van der Waals surface area contributed by atoms with Crippen LogP contribution in [0.3, 0.4) is 0 Å². The SMILES string of the molecule is OC(c1cccc(Br)c1)c1ccns1. The molecule has 0 aliphatic heterocycles. The van der Waals surface area contributed by atoms with Crippen LogP contribution in [-0.2, 0) is 0 Å². The molecule has 2 nitrogen and oxygen atoms in total. The molecular formula is C10H8BrNOS. The molecule has 72 valence electrons. The summed E-state index contributed by atoms with van der Waals surface area (Å²) in [5, 5.41) is 9.95. The lowest BCUT2D eigenvalue weighted by Crippen LogP contribution is -1.96. The molecule has 2 aromatic rings. The van der Waals surface area contributed by atoms with E-state index in [1.807, 2.05) is 30.3 Å². The van der Waals surface area contributed by atoms with E-state index in [-0.39, 0.29) is 0 Å². The van der Waals surface area contributed by atoms with E-state index in [9.17, 15) is 5.11 Å². The van der Waals surface area contributed by atoms with Crippen LogP contribution in [0, 0.1) is 0 Å². The average molecular weight is 270 g/mol. The van der Waals surface area contributed by atoms with Crippen LogP contribution in [0.2, 0.25) is 0 Å². The number of aliphatic hydroxyl groups is 1. The topological polar surface area (TPSA) is 33.1 Å². The van der Waals surface area contributed by atoms with Gasteiger partial charge in [-0.1, -0.05) is 28.1 Å². The van der Waals surface area contributed by atoms with Crippen molar-refractivity contribution in [2.45, 2.75) is 6.10 Å². The fraction of sp³-hybridized carbons (Fsp3) is 0.100. The van der Waals surface area contributed by atoms with Crippen molar-refractivity contribution in [1.29, 1.82) is 0 Å². The molecule has 1 atom stereocenters. The molecule has 0 fully saturated rings. The van der Waals surface area contributed by atoms with Gasteiger partial charge in [-0.15, -0.1) is 0 Å². The fourth-order valence-electron chi connectivity index (χ4n) is 1.21. The first-order valence-electron chi connectivity index (χ1n) is 4.11.